The lowest BCUT2D eigenvalue weighted by Gasteiger charge is -2.18. The third kappa shape index (κ3) is 6.39. The molecule has 3 nitrogen and oxygen atoms in total. The van der Waals surface area contributed by atoms with Crippen LogP contribution in [0, 0.1) is 5.92 Å². The van der Waals surface area contributed by atoms with Gasteiger partial charge in [0.05, 0.1) is 6.54 Å². The first-order valence-electron chi connectivity index (χ1n) is 7.64. The molecule has 1 aliphatic rings. The second-order valence-electron chi connectivity index (χ2n) is 5.95. The number of nitrogens with one attached hydrogen (secondary N) is 2. The molecule has 0 heterocycles. The number of hydrogen-bond donors (Lipinski definition) is 2. The van der Waals surface area contributed by atoms with Crippen LogP contribution in [0.2, 0.25) is 0 Å². The maximum atomic E-state index is 11.7. The van der Waals surface area contributed by atoms with E-state index in [2.05, 4.69) is 31.4 Å². The molecule has 106 valence electrons. The third-order valence-electron chi connectivity index (χ3n) is 3.94. The molecule has 0 radical (unpaired) electrons. The number of carbonyl (C=O) groups is 1. The van der Waals surface area contributed by atoms with Gasteiger partial charge >= 0.3 is 0 Å². The number of hydrogen-bond acceptors (Lipinski definition) is 2. The van der Waals surface area contributed by atoms with E-state index in [0.29, 0.717) is 18.6 Å². The van der Waals surface area contributed by atoms with E-state index in [9.17, 15) is 4.79 Å². The zero-order valence-electron chi connectivity index (χ0n) is 12.3. The second-order valence-corrected chi connectivity index (χ2v) is 5.95. The fraction of sp³-hybridized carbons (Fsp3) is 0.933. The molecule has 0 aromatic rings. The third-order valence-corrected chi connectivity index (χ3v) is 3.94. The molecular formula is C15H30N2O. The van der Waals surface area contributed by atoms with Crippen molar-refractivity contribution >= 4 is 5.91 Å². The van der Waals surface area contributed by atoms with E-state index in [1.165, 1.54) is 32.1 Å². The monoisotopic (exact) mass is 254 g/mol. The summed E-state index contributed by atoms with van der Waals surface area (Å²) in [7, 11) is 0. The molecule has 0 aromatic carbocycles. The second kappa shape index (κ2) is 8.52. The van der Waals surface area contributed by atoms with Crippen molar-refractivity contribution in [2.45, 2.75) is 77.8 Å². The Morgan fingerprint density at radius 1 is 1.28 bits per heavy atom. The number of rotatable bonds is 6. The van der Waals surface area contributed by atoms with Gasteiger partial charge in [0.1, 0.15) is 0 Å². The molecule has 1 amide bonds. The summed E-state index contributed by atoms with van der Waals surface area (Å²) in [5.41, 5.74) is 0. The molecule has 0 spiro atoms. The molecule has 2 N–H and O–H groups in total. The van der Waals surface area contributed by atoms with Crippen LogP contribution in [0.4, 0.5) is 0 Å². The average Bonchev–Trinajstić information content (AvgIpc) is 2.52. The minimum Gasteiger partial charge on any atom is -0.353 e. The molecular weight excluding hydrogens is 224 g/mol. The van der Waals surface area contributed by atoms with Gasteiger partial charge in [-0.1, -0.05) is 33.1 Å². The summed E-state index contributed by atoms with van der Waals surface area (Å²) in [5, 5.41) is 6.46. The summed E-state index contributed by atoms with van der Waals surface area (Å²) in [4.78, 5) is 11.7. The summed E-state index contributed by atoms with van der Waals surface area (Å²) < 4.78 is 0. The smallest absolute Gasteiger partial charge is 0.234 e. The van der Waals surface area contributed by atoms with Crippen LogP contribution >= 0.6 is 0 Å². The zero-order valence-corrected chi connectivity index (χ0v) is 12.3. The van der Waals surface area contributed by atoms with Crippen molar-refractivity contribution in [1.29, 1.82) is 0 Å². The molecule has 3 heteroatoms. The lowest BCUT2D eigenvalue weighted by atomic mass is 10.0. The van der Waals surface area contributed by atoms with Crippen molar-refractivity contribution in [1.82, 2.24) is 10.6 Å². The van der Waals surface area contributed by atoms with Gasteiger partial charge < -0.3 is 10.6 Å². The highest BCUT2D eigenvalue weighted by molar-refractivity contribution is 5.78. The molecule has 3 unspecified atom stereocenters. The quantitative estimate of drug-likeness (QED) is 0.716. The highest BCUT2D eigenvalue weighted by atomic mass is 16.1. The van der Waals surface area contributed by atoms with E-state index >= 15 is 0 Å². The predicted octanol–water partition coefficient (Wildman–Crippen LogP) is 2.85. The van der Waals surface area contributed by atoms with Crippen LogP contribution in [0.15, 0.2) is 0 Å². The Hall–Kier alpha value is -0.570. The van der Waals surface area contributed by atoms with Gasteiger partial charge in [-0.3, -0.25) is 4.79 Å². The van der Waals surface area contributed by atoms with Crippen LogP contribution < -0.4 is 10.6 Å². The van der Waals surface area contributed by atoms with Crippen LogP contribution in [0.3, 0.4) is 0 Å². The standard InChI is InChI=1S/C15H30N2O/c1-4-6-13(3)17-15(18)11-16-14-8-5-7-12(2)9-10-14/h12-14,16H,4-11H2,1-3H3,(H,17,18). The van der Waals surface area contributed by atoms with Gasteiger partial charge in [-0.2, -0.15) is 0 Å². The summed E-state index contributed by atoms with van der Waals surface area (Å²) in [6, 6.07) is 0.848. The van der Waals surface area contributed by atoms with Crippen LogP contribution in [0.25, 0.3) is 0 Å². The Morgan fingerprint density at radius 3 is 2.78 bits per heavy atom. The fourth-order valence-corrected chi connectivity index (χ4v) is 2.76. The van der Waals surface area contributed by atoms with E-state index in [4.69, 9.17) is 0 Å². The maximum Gasteiger partial charge on any atom is 0.234 e. The average molecular weight is 254 g/mol. The lowest BCUT2D eigenvalue weighted by Crippen LogP contribution is -2.42. The Bertz CT molecular complexity index is 243. The Kier molecular flexibility index (Phi) is 7.33. The van der Waals surface area contributed by atoms with E-state index in [-0.39, 0.29) is 5.91 Å². The largest absolute Gasteiger partial charge is 0.353 e. The highest BCUT2D eigenvalue weighted by Crippen LogP contribution is 2.22. The van der Waals surface area contributed by atoms with Crippen molar-refractivity contribution in [3.8, 4) is 0 Å². The van der Waals surface area contributed by atoms with Crippen LogP contribution in [0.5, 0.6) is 0 Å². The predicted molar refractivity (Wildman–Crippen MR) is 76.6 cm³/mol. The summed E-state index contributed by atoms with van der Waals surface area (Å²) in [6.07, 6.45) is 8.57. The van der Waals surface area contributed by atoms with E-state index in [1.54, 1.807) is 0 Å². The highest BCUT2D eigenvalue weighted by Gasteiger charge is 2.16. The first-order chi connectivity index (χ1) is 8.61. The Balaban J connectivity index is 2.17. The molecule has 1 rings (SSSR count). The van der Waals surface area contributed by atoms with Crippen molar-refractivity contribution in [2.75, 3.05) is 6.54 Å². The molecule has 0 bridgehead atoms. The topological polar surface area (TPSA) is 41.1 Å². The normalized spacial score (nSPS) is 26.4. The van der Waals surface area contributed by atoms with Crippen molar-refractivity contribution in [2.24, 2.45) is 5.92 Å². The van der Waals surface area contributed by atoms with E-state index in [0.717, 1.165) is 18.8 Å². The van der Waals surface area contributed by atoms with Crippen LogP contribution in [-0.2, 0) is 4.79 Å². The van der Waals surface area contributed by atoms with Crippen molar-refractivity contribution < 1.29 is 4.79 Å². The van der Waals surface area contributed by atoms with Gasteiger partial charge in [0.25, 0.3) is 0 Å². The summed E-state index contributed by atoms with van der Waals surface area (Å²) >= 11 is 0. The maximum absolute atomic E-state index is 11.7. The van der Waals surface area contributed by atoms with Crippen LogP contribution in [0.1, 0.15) is 65.7 Å². The van der Waals surface area contributed by atoms with Gasteiger partial charge in [-0.05, 0) is 38.5 Å². The van der Waals surface area contributed by atoms with E-state index in [1.807, 2.05) is 0 Å². The molecule has 1 aliphatic carbocycles. The first-order valence-corrected chi connectivity index (χ1v) is 7.64. The minimum absolute atomic E-state index is 0.147. The molecule has 18 heavy (non-hydrogen) atoms. The molecule has 1 fully saturated rings. The van der Waals surface area contributed by atoms with Crippen molar-refractivity contribution in [3.63, 3.8) is 0 Å². The molecule has 0 aromatic heterocycles. The summed E-state index contributed by atoms with van der Waals surface area (Å²) in [5.74, 6) is 1.00. The van der Waals surface area contributed by atoms with Crippen LogP contribution in [-0.4, -0.2) is 24.5 Å². The van der Waals surface area contributed by atoms with Crippen molar-refractivity contribution in [3.05, 3.63) is 0 Å². The fourth-order valence-electron chi connectivity index (χ4n) is 2.76. The Labute approximate surface area is 112 Å². The van der Waals surface area contributed by atoms with E-state index < -0.39 is 0 Å². The van der Waals surface area contributed by atoms with Gasteiger partial charge in [0.15, 0.2) is 0 Å². The SMILES string of the molecule is CCCC(C)NC(=O)CNC1CCCC(C)CC1. The number of amides is 1. The van der Waals surface area contributed by atoms with Gasteiger partial charge in [0.2, 0.25) is 5.91 Å². The molecule has 1 saturated carbocycles. The van der Waals surface area contributed by atoms with Gasteiger partial charge in [-0.25, -0.2) is 0 Å². The summed E-state index contributed by atoms with van der Waals surface area (Å²) in [6.45, 7) is 7.04. The number of carbonyl (C=O) groups excluding carboxylic acids is 1. The minimum atomic E-state index is 0.147. The Morgan fingerprint density at radius 2 is 2.06 bits per heavy atom. The molecule has 0 aliphatic heterocycles. The zero-order chi connectivity index (χ0) is 13.4. The lowest BCUT2D eigenvalue weighted by molar-refractivity contribution is -0.121. The van der Waals surface area contributed by atoms with Gasteiger partial charge in [-0.15, -0.1) is 0 Å². The van der Waals surface area contributed by atoms with Gasteiger partial charge in [0, 0.05) is 12.1 Å². The molecule has 3 atom stereocenters. The molecule has 0 saturated heterocycles. The first kappa shape index (κ1) is 15.5.